The topological polar surface area (TPSA) is 24.9 Å². The number of nitrogens with zero attached hydrogens (tertiary/aromatic N) is 1. The van der Waals surface area contributed by atoms with Crippen LogP contribution in [0.25, 0.3) is 0 Å². The van der Waals surface area contributed by atoms with Gasteiger partial charge in [0, 0.05) is 21.4 Å². The molecule has 2 aromatic rings. The third-order valence-electron chi connectivity index (χ3n) is 3.38. The van der Waals surface area contributed by atoms with Crippen molar-refractivity contribution < 1.29 is 0 Å². The SMILES string of the molecule is CCNCC(Cc1cccc(Cl)c1)Cc1ccc(Br)cn1. The van der Waals surface area contributed by atoms with Crippen LogP contribution in [0.4, 0.5) is 0 Å². The Morgan fingerprint density at radius 2 is 2.10 bits per heavy atom. The van der Waals surface area contributed by atoms with Crippen LogP contribution in [0.5, 0.6) is 0 Å². The summed E-state index contributed by atoms with van der Waals surface area (Å²) in [5.41, 5.74) is 2.41. The fourth-order valence-electron chi connectivity index (χ4n) is 2.39. The molecule has 0 amide bonds. The van der Waals surface area contributed by atoms with Gasteiger partial charge in [-0.2, -0.15) is 0 Å². The monoisotopic (exact) mass is 366 g/mol. The maximum atomic E-state index is 6.08. The molecule has 0 saturated heterocycles. The average molecular weight is 368 g/mol. The first-order chi connectivity index (χ1) is 10.2. The van der Waals surface area contributed by atoms with Crippen molar-refractivity contribution in [2.45, 2.75) is 19.8 Å². The molecule has 0 aliphatic heterocycles. The van der Waals surface area contributed by atoms with Crippen molar-refractivity contribution in [3.63, 3.8) is 0 Å². The summed E-state index contributed by atoms with van der Waals surface area (Å²) >= 11 is 9.50. The first kappa shape index (κ1) is 16.5. The maximum Gasteiger partial charge on any atom is 0.0413 e. The first-order valence-electron chi connectivity index (χ1n) is 7.23. The quantitative estimate of drug-likeness (QED) is 0.779. The molecule has 4 heteroatoms. The van der Waals surface area contributed by atoms with Gasteiger partial charge in [-0.1, -0.05) is 30.7 Å². The van der Waals surface area contributed by atoms with E-state index in [-0.39, 0.29) is 0 Å². The average Bonchev–Trinajstić information content (AvgIpc) is 2.47. The van der Waals surface area contributed by atoms with Gasteiger partial charge in [0.15, 0.2) is 0 Å². The summed E-state index contributed by atoms with van der Waals surface area (Å²) in [7, 11) is 0. The van der Waals surface area contributed by atoms with E-state index in [1.165, 1.54) is 5.56 Å². The predicted molar refractivity (Wildman–Crippen MR) is 92.8 cm³/mol. The van der Waals surface area contributed by atoms with Gasteiger partial charge in [-0.05, 0) is 77.6 Å². The molecule has 112 valence electrons. The molecule has 0 bridgehead atoms. The van der Waals surface area contributed by atoms with Gasteiger partial charge in [-0.15, -0.1) is 0 Å². The van der Waals surface area contributed by atoms with Crippen molar-refractivity contribution in [3.05, 3.63) is 63.3 Å². The number of halogens is 2. The van der Waals surface area contributed by atoms with Crippen LogP contribution < -0.4 is 5.32 Å². The van der Waals surface area contributed by atoms with E-state index in [4.69, 9.17) is 11.6 Å². The van der Waals surface area contributed by atoms with Gasteiger partial charge in [0.05, 0.1) is 0 Å². The molecule has 1 N–H and O–H groups in total. The van der Waals surface area contributed by atoms with Gasteiger partial charge in [0.1, 0.15) is 0 Å². The molecule has 0 saturated carbocycles. The van der Waals surface area contributed by atoms with Gasteiger partial charge in [0.25, 0.3) is 0 Å². The Kier molecular flexibility index (Phi) is 6.68. The first-order valence-corrected chi connectivity index (χ1v) is 8.40. The normalized spacial score (nSPS) is 12.3. The highest BCUT2D eigenvalue weighted by Crippen LogP contribution is 2.18. The zero-order valence-electron chi connectivity index (χ0n) is 12.2. The Morgan fingerprint density at radius 3 is 2.76 bits per heavy atom. The number of nitrogens with one attached hydrogen (secondary N) is 1. The number of pyridine rings is 1. The van der Waals surface area contributed by atoms with E-state index in [9.17, 15) is 0 Å². The third-order valence-corrected chi connectivity index (χ3v) is 4.09. The van der Waals surface area contributed by atoms with E-state index in [0.29, 0.717) is 5.92 Å². The molecule has 2 rings (SSSR count). The second kappa shape index (κ2) is 8.52. The van der Waals surface area contributed by atoms with Gasteiger partial charge in [-0.25, -0.2) is 0 Å². The summed E-state index contributed by atoms with van der Waals surface area (Å²) in [5, 5.41) is 4.25. The molecule has 0 fully saturated rings. The number of benzene rings is 1. The third kappa shape index (κ3) is 5.77. The lowest BCUT2D eigenvalue weighted by atomic mass is 9.94. The lowest BCUT2D eigenvalue weighted by Gasteiger charge is -2.17. The van der Waals surface area contributed by atoms with E-state index in [2.05, 4.69) is 51.4 Å². The van der Waals surface area contributed by atoms with Gasteiger partial charge in [0.2, 0.25) is 0 Å². The lowest BCUT2D eigenvalue weighted by molar-refractivity contribution is 0.474. The summed E-state index contributed by atoms with van der Waals surface area (Å²) in [6, 6.07) is 12.3. The Morgan fingerprint density at radius 1 is 1.24 bits per heavy atom. The zero-order valence-corrected chi connectivity index (χ0v) is 14.5. The van der Waals surface area contributed by atoms with E-state index in [0.717, 1.165) is 41.1 Å². The fraction of sp³-hybridized carbons (Fsp3) is 0.353. The summed E-state index contributed by atoms with van der Waals surface area (Å²) < 4.78 is 1.02. The smallest absolute Gasteiger partial charge is 0.0413 e. The van der Waals surface area contributed by atoms with Gasteiger partial charge >= 0.3 is 0 Å². The number of hydrogen-bond donors (Lipinski definition) is 1. The summed E-state index contributed by atoms with van der Waals surface area (Å²) in [6.45, 7) is 4.11. The highest BCUT2D eigenvalue weighted by molar-refractivity contribution is 9.10. The highest BCUT2D eigenvalue weighted by Gasteiger charge is 2.11. The van der Waals surface area contributed by atoms with Crippen molar-refractivity contribution in [2.75, 3.05) is 13.1 Å². The summed E-state index contributed by atoms with van der Waals surface area (Å²) in [6.07, 6.45) is 3.83. The van der Waals surface area contributed by atoms with Crippen LogP contribution in [0.1, 0.15) is 18.2 Å². The Labute approximate surface area is 140 Å². The summed E-state index contributed by atoms with van der Waals surface area (Å²) in [5.74, 6) is 0.511. The molecular formula is C17H20BrClN2. The second-order valence-corrected chi connectivity index (χ2v) is 6.53. The van der Waals surface area contributed by atoms with Crippen molar-refractivity contribution in [1.82, 2.24) is 10.3 Å². The number of aromatic nitrogens is 1. The van der Waals surface area contributed by atoms with Crippen LogP contribution >= 0.6 is 27.5 Å². The number of hydrogen-bond acceptors (Lipinski definition) is 2. The Hall–Kier alpha value is -0.900. The second-order valence-electron chi connectivity index (χ2n) is 5.18. The molecule has 1 unspecified atom stereocenters. The van der Waals surface area contributed by atoms with Gasteiger partial charge < -0.3 is 5.32 Å². The maximum absolute atomic E-state index is 6.08. The molecular weight excluding hydrogens is 348 g/mol. The van der Waals surface area contributed by atoms with Crippen LogP contribution in [0.15, 0.2) is 47.1 Å². The van der Waals surface area contributed by atoms with Gasteiger partial charge in [-0.3, -0.25) is 4.98 Å². The zero-order chi connectivity index (χ0) is 15.1. The van der Waals surface area contributed by atoms with Crippen molar-refractivity contribution in [2.24, 2.45) is 5.92 Å². The van der Waals surface area contributed by atoms with Crippen molar-refractivity contribution in [1.29, 1.82) is 0 Å². The largest absolute Gasteiger partial charge is 0.317 e. The van der Waals surface area contributed by atoms with Crippen molar-refractivity contribution >= 4 is 27.5 Å². The molecule has 0 spiro atoms. The van der Waals surface area contributed by atoms with Crippen LogP contribution in [-0.2, 0) is 12.8 Å². The lowest BCUT2D eigenvalue weighted by Crippen LogP contribution is -2.26. The highest BCUT2D eigenvalue weighted by atomic mass is 79.9. The molecule has 2 nitrogen and oxygen atoms in total. The van der Waals surface area contributed by atoms with Crippen LogP contribution in [0.2, 0.25) is 5.02 Å². The Bertz CT molecular complexity index is 557. The van der Waals surface area contributed by atoms with Crippen molar-refractivity contribution in [3.8, 4) is 0 Å². The molecule has 1 aromatic heterocycles. The fourth-order valence-corrected chi connectivity index (χ4v) is 2.83. The molecule has 1 atom stereocenters. The Balaban J connectivity index is 2.04. The predicted octanol–water partition coefficient (Wildman–Crippen LogP) is 4.51. The van der Waals surface area contributed by atoms with E-state index in [1.807, 2.05) is 24.4 Å². The molecule has 21 heavy (non-hydrogen) atoms. The minimum absolute atomic E-state index is 0.511. The van der Waals surface area contributed by atoms with E-state index in [1.54, 1.807) is 0 Å². The molecule has 0 aliphatic rings. The van der Waals surface area contributed by atoms with Crippen LogP contribution in [-0.4, -0.2) is 18.1 Å². The molecule has 1 heterocycles. The standard InChI is InChI=1S/C17H20BrClN2/c1-2-20-11-14(8-13-4-3-5-16(19)9-13)10-17-7-6-15(18)12-21-17/h3-7,9,12,14,20H,2,8,10-11H2,1H3. The molecule has 1 aromatic carbocycles. The minimum atomic E-state index is 0.511. The van der Waals surface area contributed by atoms with Crippen LogP contribution in [0, 0.1) is 5.92 Å². The molecule has 0 radical (unpaired) electrons. The summed E-state index contributed by atoms with van der Waals surface area (Å²) in [4.78, 5) is 4.48. The molecule has 0 aliphatic carbocycles. The minimum Gasteiger partial charge on any atom is -0.317 e. The van der Waals surface area contributed by atoms with E-state index < -0.39 is 0 Å². The van der Waals surface area contributed by atoms with E-state index >= 15 is 0 Å². The number of rotatable bonds is 7. The van der Waals surface area contributed by atoms with Crippen LogP contribution in [0.3, 0.4) is 0 Å².